The zero-order valence-corrected chi connectivity index (χ0v) is 11.3. The van der Waals surface area contributed by atoms with Gasteiger partial charge in [0.1, 0.15) is 0 Å². The van der Waals surface area contributed by atoms with Crippen LogP contribution in [0.3, 0.4) is 0 Å². The minimum absolute atomic E-state index is 0.180. The lowest BCUT2D eigenvalue weighted by atomic mass is 10.1. The molecule has 0 bridgehead atoms. The predicted molar refractivity (Wildman–Crippen MR) is 71.7 cm³/mol. The van der Waals surface area contributed by atoms with E-state index in [4.69, 9.17) is 19.9 Å². The summed E-state index contributed by atoms with van der Waals surface area (Å²) in [7, 11) is 0. The van der Waals surface area contributed by atoms with Crippen LogP contribution in [0, 0.1) is 5.92 Å². The van der Waals surface area contributed by atoms with Crippen LogP contribution in [0.1, 0.15) is 6.42 Å². The van der Waals surface area contributed by atoms with Crippen molar-refractivity contribution in [2.75, 3.05) is 56.8 Å². The van der Waals surface area contributed by atoms with Crippen molar-refractivity contribution in [3.05, 3.63) is 0 Å². The first kappa shape index (κ1) is 13.3. The Balaban J connectivity index is 1.65. The summed E-state index contributed by atoms with van der Waals surface area (Å²) in [6.07, 6.45) is 1.01. The maximum Gasteiger partial charge on any atom is 0.323 e. The largest absolute Gasteiger partial charge is 0.463 e. The quantitative estimate of drug-likeness (QED) is 0.804. The molecule has 0 spiro atoms. The number of aromatic nitrogens is 3. The molecule has 2 aliphatic rings. The third-order valence-electron chi connectivity index (χ3n) is 3.39. The summed E-state index contributed by atoms with van der Waals surface area (Å²) < 4.78 is 16.2. The van der Waals surface area contributed by atoms with Gasteiger partial charge >= 0.3 is 6.01 Å². The zero-order valence-electron chi connectivity index (χ0n) is 11.3. The smallest absolute Gasteiger partial charge is 0.323 e. The van der Waals surface area contributed by atoms with Crippen LogP contribution >= 0.6 is 0 Å². The van der Waals surface area contributed by atoms with E-state index in [1.165, 1.54) is 0 Å². The van der Waals surface area contributed by atoms with Crippen molar-refractivity contribution >= 4 is 11.9 Å². The molecule has 2 fully saturated rings. The number of rotatable bonds is 4. The van der Waals surface area contributed by atoms with Crippen LogP contribution in [0.25, 0.3) is 0 Å². The molecule has 2 aliphatic heterocycles. The molecule has 8 nitrogen and oxygen atoms in total. The fourth-order valence-corrected chi connectivity index (χ4v) is 2.24. The summed E-state index contributed by atoms with van der Waals surface area (Å²) in [5.74, 6) is 1.14. The molecule has 0 radical (unpaired) electrons. The van der Waals surface area contributed by atoms with Gasteiger partial charge < -0.3 is 24.8 Å². The van der Waals surface area contributed by atoms with Crippen LogP contribution < -0.4 is 15.4 Å². The highest BCUT2D eigenvalue weighted by Gasteiger charge is 2.19. The first-order valence-electron chi connectivity index (χ1n) is 6.86. The van der Waals surface area contributed by atoms with Crippen LogP contribution in [0.5, 0.6) is 6.01 Å². The van der Waals surface area contributed by atoms with Gasteiger partial charge in [0.25, 0.3) is 0 Å². The lowest BCUT2D eigenvalue weighted by molar-refractivity contribution is 0.121. The second-order valence-electron chi connectivity index (χ2n) is 4.92. The summed E-state index contributed by atoms with van der Waals surface area (Å²) in [4.78, 5) is 14.5. The molecule has 1 atom stereocenters. The molecule has 3 rings (SSSR count). The molecule has 3 heterocycles. The SMILES string of the molecule is Nc1nc(OCC2CCOC2)nc(N2CCOCC2)n1. The standard InChI is InChI=1S/C12H19N5O3/c13-10-14-11(17-2-5-18-6-3-17)16-12(15-10)20-8-9-1-4-19-7-9/h9H,1-8H2,(H2,13,14,15,16). The van der Waals surface area contributed by atoms with Gasteiger partial charge in [-0.2, -0.15) is 15.0 Å². The van der Waals surface area contributed by atoms with Gasteiger partial charge in [-0.25, -0.2) is 0 Å². The molecule has 0 saturated carbocycles. The number of anilines is 2. The number of nitrogens with zero attached hydrogens (tertiary/aromatic N) is 4. The summed E-state index contributed by atoms with van der Waals surface area (Å²) >= 11 is 0. The van der Waals surface area contributed by atoms with Gasteiger partial charge in [-0.05, 0) is 6.42 Å². The molecular formula is C12H19N5O3. The maximum absolute atomic E-state index is 5.72. The summed E-state index contributed by atoms with van der Waals surface area (Å²) in [5, 5.41) is 0. The van der Waals surface area contributed by atoms with E-state index in [9.17, 15) is 0 Å². The molecule has 20 heavy (non-hydrogen) atoms. The van der Waals surface area contributed by atoms with Gasteiger partial charge in [0, 0.05) is 25.6 Å². The van der Waals surface area contributed by atoms with Gasteiger partial charge in [0.15, 0.2) is 0 Å². The number of hydrogen-bond donors (Lipinski definition) is 1. The van der Waals surface area contributed by atoms with E-state index in [1.807, 2.05) is 4.90 Å². The van der Waals surface area contributed by atoms with E-state index in [0.29, 0.717) is 31.7 Å². The molecule has 1 unspecified atom stereocenters. The molecule has 2 saturated heterocycles. The molecule has 0 amide bonds. The average molecular weight is 281 g/mol. The summed E-state index contributed by atoms with van der Waals surface area (Å²) in [5.41, 5.74) is 5.72. The van der Waals surface area contributed by atoms with Gasteiger partial charge in [-0.3, -0.25) is 0 Å². The van der Waals surface area contributed by atoms with Crippen molar-refractivity contribution in [3.63, 3.8) is 0 Å². The summed E-state index contributed by atoms with van der Waals surface area (Å²) in [6, 6.07) is 0.283. The number of ether oxygens (including phenoxy) is 3. The fourth-order valence-electron chi connectivity index (χ4n) is 2.24. The minimum atomic E-state index is 0.180. The van der Waals surface area contributed by atoms with E-state index in [2.05, 4.69) is 15.0 Å². The molecule has 110 valence electrons. The highest BCUT2D eigenvalue weighted by molar-refractivity contribution is 5.36. The van der Waals surface area contributed by atoms with Gasteiger partial charge in [-0.1, -0.05) is 0 Å². The van der Waals surface area contributed by atoms with Crippen molar-refractivity contribution in [3.8, 4) is 6.01 Å². The van der Waals surface area contributed by atoms with Crippen molar-refractivity contribution in [1.29, 1.82) is 0 Å². The zero-order chi connectivity index (χ0) is 13.8. The molecule has 2 N–H and O–H groups in total. The third-order valence-corrected chi connectivity index (χ3v) is 3.39. The Kier molecular flexibility index (Phi) is 4.12. The Morgan fingerprint density at radius 2 is 2.00 bits per heavy atom. The average Bonchev–Trinajstić information content (AvgIpc) is 2.99. The monoisotopic (exact) mass is 281 g/mol. The number of morpholine rings is 1. The second-order valence-corrected chi connectivity index (χ2v) is 4.92. The van der Waals surface area contributed by atoms with Gasteiger partial charge in [0.05, 0.1) is 26.4 Å². The Bertz CT molecular complexity index is 447. The van der Waals surface area contributed by atoms with Crippen LogP contribution in [-0.2, 0) is 9.47 Å². The van der Waals surface area contributed by atoms with Crippen LogP contribution in [0.2, 0.25) is 0 Å². The van der Waals surface area contributed by atoms with Crippen molar-refractivity contribution < 1.29 is 14.2 Å². The third kappa shape index (κ3) is 3.26. The molecule has 8 heteroatoms. The number of nitrogens with two attached hydrogens (primary N) is 1. The van der Waals surface area contributed by atoms with Gasteiger partial charge in [-0.15, -0.1) is 0 Å². The normalized spacial score (nSPS) is 23.0. The van der Waals surface area contributed by atoms with Gasteiger partial charge in [0.2, 0.25) is 11.9 Å². The Morgan fingerprint density at radius 1 is 1.15 bits per heavy atom. The highest BCUT2D eigenvalue weighted by atomic mass is 16.5. The van der Waals surface area contributed by atoms with Crippen molar-refractivity contribution in [2.45, 2.75) is 6.42 Å². The van der Waals surface area contributed by atoms with E-state index < -0.39 is 0 Å². The highest BCUT2D eigenvalue weighted by Crippen LogP contribution is 2.17. The second kappa shape index (κ2) is 6.19. The van der Waals surface area contributed by atoms with Crippen molar-refractivity contribution in [2.24, 2.45) is 5.92 Å². The van der Waals surface area contributed by atoms with E-state index in [-0.39, 0.29) is 12.0 Å². The molecule has 1 aromatic heterocycles. The molecule has 1 aromatic rings. The first-order chi connectivity index (χ1) is 9.81. The first-order valence-corrected chi connectivity index (χ1v) is 6.86. The van der Waals surface area contributed by atoms with Crippen molar-refractivity contribution in [1.82, 2.24) is 15.0 Å². The number of hydrogen-bond acceptors (Lipinski definition) is 8. The Labute approximate surface area is 117 Å². The Morgan fingerprint density at radius 3 is 2.75 bits per heavy atom. The molecule has 0 aromatic carbocycles. The lowest BCUT2D eigenvalue weighted by Crippen LogP contribution is -2.37. The van der Waals surface area contributed by atoms with Crippen LogP contribution in [-0.4, -0.2) is 61.1 Å². The number of nitrogen functional groups attached to an aromatic ring is 1. The van der Waals surface area contributed by atoms with Crippen LogP contribution in [0.15, 0.2) is 0 Å². The Hall–Kier alpha value is -1.67. The maximum atomic E-state index is 5.72. The molecular weight excluding hydrogens is 262 g/mol. The lowest BCUT2D eigenvalue weighted by Gasteiger charge is -2.26. The predicted octanol–water partition coefficient (Wildman–Crippen LogP) is -0.294. The van der Waals surface area contributed by atoms with E-state index in [1.54, 1.807) is 0 Å². The fraction of sp³-hybridized carbons (Fsp3) is 0.750. The minimum Gasteiger partial charge on any atom is -0.463 e. The van der Waals surface area contributed by atoms with E-state index in [0.717, 1.165) is 32.7 Å². The topological polar surface area (TPSA) is 95.6 Å². The van der Waals surface area contributed by atoms with Crippen LogP contribution in [0.4, 0.5) is 11.9 Å². The summed E-state index contributed by atoms with van der Waals surface area (Å²) in [6.45, 7) is 4.91. The molecule has 0 aliphatic carbocycles. The van der Waals surface area contributed by atoms with E-state index >= 15 is 0 Å².